The molecule has 0 aromatic carbocycles. The van der Waals surface area contributed by atoms with Gasteiger partial charge in [0.25, 0.3) is 5.91 Å². The van der Waals surface area contributed by atoms with E-state index in [2.05, 4.69) is 10.3 Å². The van der Waals surface area contributed by atoms with Gasteiger partial charge in [-0.25, -0.2) is 4.98 Å². The molecule has 0 bridgehead atoms. The average molecular weight is 307 g/mol. The second kappa shape index (κ2) is 5.08. The normalized spacial score (nSPS) is 31.1. The molecule has 6 nitrogen and oxygen atoms in total. The van der Waals surface area contributed by atoms with Crippen LogP contribution in [0.15, 0.2) is 17.8 Å². The third kappa shape index (κ3) is 2.07. The summed E-state index contributed by atoms with van der Waals surface area (Å²) in [6.07, 6.45) is 4.92. The van der Waals surface area contributed by atoms with Crippen molar-refractivity contribution in [3.05, 3.63) is 23.5 Å². The fourth-order valence-corrected chi connectivity index (χ4v) is 4.20. The Morgan fingerprint density at radius 2 is 2.57 bits per heavy atom. The molecular formula is C14H17N3O3S. The van der Waals surface area contributed by atoms with Gasteiger partial charge < -0.3 is 14.8 Å². The summed E-state index contributed by atoms with van der Waals surface area (Å²) < 4.78 is 12.8. The Bertz CT molecular complexity index is 639. The van der Waals surface area contributed by atoms with Gasteiger partial charge >= 0.3 is 0 Å². The number of hydrogen-bond donors (Lipinski definition) is 1. The number of methoxy groups -OCH3 is 1. The van der Waals surface area contributed by atoms with Crippen molar-refractivity contribution in [2.75, 3.05) is 20.3 Å². The maximum Gasteiger partial charge on any atom is 0.271 e. The third-order valence-electron chi connectivity index (χ3n) is 4.51. The first kappa shape index (κ1) is 13.2. The van der Waals surface area contributed by atoms with Crippen LogP contribution in [0.4, 0.5) is 0 Å². The first-order chi connectivity index (χ1) is 10.3. The molecule has 2 aromatic rings. The van der Waals surface area contributed by atoms with Gasteiger partial charge in [-0.2, -0.15) is 0 Å². The highest BCUT2D eigenvalue weighted by atomic mass is 32.1. The van der Waals surface area contributed by atoms with Crippen molar-refractivity contribution >= 4 is 22.2 Å². The van der Waals surface area contributed by atoms with E-state index < -0.39 is 0 Å². The van der Waals surface area contributed by atoms with E-state index in [1.807, 2.05) is 16.0 Å². The summed E-state index contributed by atoms with van der Waals surface area (Å²) in [4.78, 5) is 17.6. The van der Waals surface area contributed by atoms with Gasteiger partial charge in [-0.1, -0.05) is 0 Å². The molecule has 4 atom stereocenters. The molecule has 1 aliphatic heterocycles. The topological polar surface area (TPSA) is 64.9 Å². The van der Waals surface area contributed by atoms with Crippen molar-refractivity contribution in [2.45, 2.75) is 18.6 Å². The zero-order valence-electron chi connectivity index (χ0n) is 11.7. The molecule has 3 heterocycles. The summed E-state index contributed by atoms with van der Waals surface area (Å²) in [5, 5.41) is 5.07. The van der Waals surface area contributed by atoms with Gasteiger partial charge in [0.05, 0.1) is 12.7 Å². The molecule has 1 saturated carbocycles. The Labute approximate surface area is 126 Å². The Morgan fingerprint density at radius 3 is 3.38 bits per heavy atom. The monoisotopic (exact) mass is 307 g/mol. The summed E-state index contributed by atoms with van der Waals surface area (Å²) in [5.41, 5.74) is 0.473. The number of amides is 1. The van der Waals surface area contributed by atoms with Gasteiger partial charge in [-0.3, -0.25) is 9.20 Å². The average Bonchev–Trinajstić information content (AvgIpc) is 3.15. The molecule has 1 N–H and O–H groups in total. The van der Waals surface area contributed by atoms with Gasteiger partial charge in [0.15, 0.2) is 4.96 Å². The lowest BCUT2D eigenvalue weighted by molar-refractivity contribution is -0.0810. The van der Waals surface area contributed by atoms with E-state index in [4.69, 9.17) is 9.47 Å². The minimum Gasteiger partial charge on any atom is -0.384 e. The Kier molecular flexibility index (Phi) is 3.20. The van der Waals surface area contributed by atoms with Gasteiger partial charge in [0.1, 0.15) is 5.69 Å². The molecular weight excluding hydrogens is 290 g/mol. The van der Waals surface area contributed by atoms with Crippen LogP contribution in [0.2, 0.25) is 0 Å². The van der Waals surface area contributed by atoms with E-state index in [1.54, 1.807) is 13.3 Å². The van der Waals surface area contributed by atoms with Crippen molar-refractivity contribution < 1.29 is 14.3 Å². The number of nitrogens with one attached hydrogen (secondary N) is 1. The molecule has 0 radical (unpaired) electrons. The fraction of sp³-hybridized carbons (Fsp3) is 0.571. The summed E-state index contributed by atoms with van der Waals surface area (Å²) in [7, 11) is 1.69. The van der Waals surface area contributed by atoms with Gasteiger partial charge in [-0.15, -0.1) is 11.3 Å². The molecule has 1 aliphatic carbocycles. The molecule has 7 heteroatoms. The van der Waals surface area contributed by atoms with E-state index in [1.165, 1.54) is 11.3 Å². The molecule has 1 amide bonds. The quantitative estimate of drug-likeness (QED) is 0.921. The Morgan fingerprint density at radius 1 is 1.67 bits per heavy atom. The number of hydrogen-bond acceptors (Lipinski definition) is 5. The number of fused-ring (bicyclic) bond motifs is 2. The lowest BCUT2D eigenvalue weighted by atomic mass is 9.67. The lowest BCUT2D eigenvalue weighted by Crippen LogP contribution is -2.62. The van der Waals surface area contributed by atoms with Crippen molar-refractivity contribution in [3.8, 4) is 0 Å². The van der Waals surface area contributed by atoms with Crippen LogP contribution in [0, 0.1) is 11.8 Å². The number of carbonyl (C=O) groups is 1. The first-order valence-electron chi connectivity index (χ1n) is 7.11. The van der Waals surface area contributed by atoms with E-state index in [9.17, 15) is 4.79 Å². The molecule has 4 rings (SSSR count). The van der Waals surface area contributed by atoms with Crippen LogP contribution in [0.3, 0.4) is 0 Å². The van der Waals surface area contributed by atoms with Gasteiger partial charge in [0.2, 0.25) is 0 Å². The largest absolute Gasteiger partial charge is 0.384 e. The van der Waals surface area contributed by atoms with Crippen LogP contribution in [-0.2, 0) is 9.47 Å². The minimum atomic E-state index is -0.109. The second-order valence-corrected chi connectivity index (χ2v) is 6.50. The van der Waals surface area contributed by atoms with Crippen molar-refractivity contribution in [1.82, 2.24) is 14.7 Å². The number of carbonyl (C=O) groups excluding carboxylic acids is 1. The van der Waals surface area contributed by atoms with Crippen LogP contribution in [0.25, 0.3) is 4.96 Å². The molecule has 0 spiro atoms. The minimum absolute atomic E-state index is 0.109. The van der Waals surface area contributed by atoms with Crippen molar-refractivity contribution in [1.29, 1.82) is 0 Å². The highest BCUT2D eigenvalue weighted by molar-refractivity contribution is 7.15. The summed E-state index contributed by atoms with van der Waals surface area (Å²) in [6.45, 7) is 1.40. The predicted molar refractivity (Wildman–Crippen MR) is 77.5 cm³/mol. The third-order valence-corrected chi connectivity index (χ3v) is 5.28. The molecule has 0 unspecified atom stereocenters. The number of ether oxygens (including phenoxy) is 2. The van der Waals surface area contributed by atoms with Crippen LogP contribution < -0.4 is 5.32 Å². The van der Waals surface area contributed by atoms with E-state index in [-0.39, 0.29) is 24.0 Å². The molecule has 2 aromatic heterocycles. The highest BCUT2D eigenvalue weighted by Gasteiger charge is 2.54. The van der Waals surface area contributed by atoms with E-state index in [0.717, 1.165) is 18.0 Å². The Balaban J connectivity index is 1.49. The zero-order chi connectivity index (χ0) is 14.4. The standard InChI is InChI=1S/C14H17N3O3S/c1-19-7-9-11(8-2-4-20-12(8)9)16-13(18)10-6-17-3-5-21-14(17)15-10/h3,5-6,8-9,11-12H,2,4,7H2,1H3,(H,16,18)/t8-,9+,11+,12-/m1/s1. The summed E-state index contributed by atoms with van der Waals surface area (Å²) in [5.74, 6) is 0.551. The van der Waals surface area contributed by atoms with Crippen molar-refractivity contribution in [2.24, 2.45) is 11.8 Å². The summed E-state index contributed by atoms with van der Waals surface area (Å²) >= 11 is 1.52. The molecule has 2 fully saturated rings. The number of imidazole rings is 1. The van der Waals surface area contributed by atoms with E-state index >= 15 is 0 Å². The molecule has 2 aliphatic rings. The van der Waals surface area contributed by atoms with Gasteiger partial charge in [-0.05, 0) is 6.42 Å². The van der Waals surface area contributed by atoms with Gasteiger partial charge in [0, 0.05) is 49.4 Å². The number of rotatable bonds is 4. The van der Waals surface area contributed by atoms with Crippen molar-refractivity contribution in [3.63, 3.8) is 0 Å². The molecule has 21 heavy (non-hydrogen) atoms. The number of thiazole rings is 1. The lowest BCUT2D eigenvalue weighted by Gasteiger charge is -2.47. The molecule has 112 valence electrons. The first-order valence-corrected chi connectivity index (χ1v) is 7.99. The Hall–Kier alpha value is -1.44. The smallest absolute Gasteiger partial charge is 0.271 e. The fourth-order valence-electron chi connectivity index (χ4n) is 3.50. The van der Waals surface area contributed by atoms with Crippen LogP contribution in [-0.4, -0.2) is 47.8 Å². The molecule has 1 saturated heterocycles. The van der Waals surface area contributed by atoms with Crippen LogP contribution in [0.1, 0.15) is 16.9 Å². The summed E-state index contributed by atoms with van der Waals surface area (Å²) in [6, 6.07) is 0.129. The second-order valence-electron chi connectivity index (χ2n) is 5.63. The highest BCUT2D eigenvalue weighted by Crippen LogP contribution is 2.43. The van der Waals surface area contributed by atoms with Crippen LogP contribution in [0.5, 0.6) is 0 Å². The predicted octanol–water partition coefficient (Wildman–Crippen LogP) is 1.18. The maximum atomic E-state index is 12.4. The van der Waals surface area contributed by atoms with E-state index in [0.29, 0.717) is 18.2 Å². The maximum absolute atomic E-state index is 12.4. The number of aromatic nitrogens is 2. The SMILES string of the molecule is COC[C@H]1[C@@H](NC(=O)c2cn3ccsc3n2)[C@H]2CCO[C@H]21. The zero-order valence-corrected chi connectivity index (χ0v) is 12.5. The van der Waals surface area contributed by atoms with Crippen LogP contribution >= 0.6 is 11.3 Å². The number of nitrogens with zero attached hydrogens (tertiary/aromatic N) is 2.